The lowest BCUT2D eigenvalue weighted by molar-refractivity contribution is 0.412. The second-order valence-electron chi connectivity index (χ2n) is 4.09. The van der Waals surface area contributed by atoms with Crippen LogP contribution in [0.15, 0.2) is 41.3 Å². The molecule has 0 aliphatic heterocycles. The zero-order chi connectivity index (χ0) is 16.3. The van der Waals surface area contributed by atoms with E-state index in [1.165, 1.54) is 43.5 Å². The van der Waals surface area contributed by atoms with Crippen LogP contribution >= 0.6 is 23.2 Å². The van der Waals surface area contributed by atoms with Gasteiger partial charge >= 0.3 is 10.1 Å². The molecular formula is C14H9Cl2NO4S. The maximum absolute atomic E-state index is 12.3. The van der Waals surface area contributed by atoms with E-state index in [2.05, 4.69) is 0 Å². The fraction of sp³-hybridized carbons (Fsp3) is 0.0714. The normalized spacial score (nSPS) is 10.8. The Morgan fingerprint density at radius 2 is 1.82 bits per heavy atom. The molecule has 2 rings (SSSR count). The first-order chi connectivity index (χ1) is 10.4. The van der Waals surface area contributed by atoms with Gasteiger partial charge in [0, 0.05) is 6.07 Å². The molecule has 0 unspecified atom stereocenters. The van der Waals surface area contributed by atoms with E-state index in [-0.39, 0.29) is 26.3 Å². The van der Waals surface area contributed by atoms with Crippen LogP contribution in [-0.2, 0) is 10.1 Å². The molecule has 0 saturated heterocycles. The lowest BCUT2D eigenvalue weighted by Gasteiger charge is -2.11. The summed E-state index contributed by atoms with van der Waals surface area (Å²) in [5.74, 6) is 0.219. The Hall–Kier alpha value is -1.94. The fourth-order valence-electron chi connectivity index (χ4n) is 1.60. The van der Waals surface area contributed by atoms with Gasteiger partial charge < -0.3 is 8.92 Å². The molecule has 2 aromatic carbocycles. The van der Waals surface area contributed by atoms with Crippen LogP contribution in [0.4, 0.5) is 0 Å². The average molecular weight is 358 g/mol. The quantitative estimate of drug-likeness (QED) is 0.780. The van der Waals surface area contributed by atoms with Gasteiger partial charge in [0.15, 0.2) is 5.75 Å². The molecule has 0 amide bonds. The Morgan fingerprint density at radius 3 is 2.41 bits per heavy atom. The highest BCUT2D eigenvalue weighted by molar-refractivity contribution is 7.87. The summed E-state index contributed by atoms with van der Waals surface area (Å²) in [6, 6.07) is 10.0. The van der Waals surface area contributed by atoms with Crippen molar-refractivity contribution in [3.8, 4) is 17.6 Å². The zero-order valence-corrected chi connectivity index (χ0v) is 13.5. The summed E-state index contributed by atoms with van der Waals surface area (Å²) in [6.45, 7) is 0. The van der Waals surface area contributed by atoms with E-state index in [1.54, 1.807) is 0 Å². The molecular weight excluding hydrogens is 349 g/mol. The Bertz CT molecular complexity index is 860. The van der Waals surface area contributed by atoms with Gasteiger partial charge in [-0.15, -0.1) is 0 Å². The minimum absolute atomic E-state index is 0.00152. The van der Waals surface area contributed by atoms with Crippen LogP contribution in [0.3, 0.4) is 0 Å². The van der Waals surface area contributed by atoms with Gasteiger partial charge in [-0.25, -0.2) is 0 Å². The predicted molar refractivity (Wildman–Crippen MR) is 82.0 cm³/mol. The number of nitrogens with zero attached hydrogens (tertiary/aromatic N) is 1. The van der Waals surface area contributed by atoms with Gasteiger partial charge in [0.2, 0.25) is 0 Å². The van der Waals surface area contributed by atoms with Gasteiger partial charge in [-0.1, -0.05) is 23.2 Å². The number of benzene rings is 2. The van der Waals surface area contributed by atoms with Crippen molar-refractivity contribution in [2.75, 3.05) is 7.11 Å². The SMILES string of the molecule is COc1ccc(Cl)c(S(=O)(=O)Oc2ccc(C#N)cc2Cl)c1. The number of hydrogen-bond acceptors (Lipinski definition) is 5. The number of nitriles is 1. The molecule has 8 heteroatoms. The van der Waals surface area contributed by atoms with Gasteiger partial charge in [0.05, 0.1) is 28.8 Å². The smallest absolute Gasteiger partial charge is 0.340 e. The third-order valence-corrected chi connectivity index (χ3v) is 4.68. The highest BCUT2D eigenvalue weighted by Gasteiger charge is 2.22. The molecule has 0 bridgehead atoms. The highest BCUT2D eigenvalue weighted by Crippen LogP contribution is 2.32. The Morgan fingerprint density at radius 1 is 1.09 bits per heavy atom. The van der Waals surface area contributed by atoms with Crippen molar-refractivity contribution in [3.05, 3.63) is 52.0 Å². The zero-order valence-electron chi connectivity index (χ0n) is 11.2. The topological polar surface area (TPSA) is 76.4 Å². The molecule has 2 aromatic rings. The van der Waals surface area contributed by atoms with E-state index in [0.29, 0.717) is 5.75 Å². The molecule has 0 aromatic heterocycles. The first-order valence-corrected chi connectivity index (χ1v) is 8.01. The standard InChI is InChI=1S/C14H9Cl2NO4S/c1-20-10-3-4-11(15)14(7-10)22(18,19)21-13-5-2-9(8-17)6-12(13)16/h2-7H,1H3. The minimum Gasteiger partial charge on any atom is -0.497 e. The number of rotatable bonds is 4. The molecule has 0 saturated carbocycles. The molecule has 0 aliphatic carbocycles. The number of hydrogen-bond donors (Lipinski definition) is 0. The van der Waals surface area contributed by atoms with Crippen LogP contribution in [0.2, 0.25) is 10.0 Å². The van der Waals surface area contributed by atoms with Crippen molar-refractivity contribution in [2.45, 2.75) is 4.90 Å². The van der Waals surface area contributed by atoms with E-state index >= 15 is 0 Å². The average Bonchev–Trinajstić information content (AvgIpc) is 2.49. The first kappa shape index (κ1) is 16.4. The predicted octanol–water partition coefficient (Wildman–Crippen LogP) is 3.64. The fourth-order valence-corrected chi connectivity index (χ4v) is 3.31. The van der Waals surface area contributed by atoms with Crippen molar-refractivity contribution in [2.24, 2.45) is 0 Å². The number of halogens is 2. The molecule has 0 N–H and O–H groups in total. The van der Waals surface area contributed by atoms with Crippen molar-refractivity contribution in [3.63, 3.8) is 0 Å². The first-order valence-electron chi connectivity index (χ1n) is 5.85. The lowest BCUT2D eigenvalue weighted by Crippen LogP contribution is -2.11. The van der Waals surface area contributed by atoms with E-state index in [0.717, 1.165) is 0 Å². The Kier molecular flexibility index (Phi) is 4.81. The van der Waals surface area contributed by atoms with Crippen LogP contribution in [0.1, 0.15) is 5.56 Å². The van der Waals surface area contributed by atoms with E-state index in [4.69, 9.17) is 37.4 Å². The summed E-state index contributed by atoms with van der Waals surface area (Å²) in [4.78, 5) is -0.242. The monoisotopic (exact) mass is 357 g/mol. The summed E-state index contributed by atoms with van der Waals surface area (Å²) in [5.41, 5.74) is 0.286. The molecule has 22 heavy (non-hydrogen) atoms. The summed E-state index contributed by atoms with van der Waals surface area (Å²) < 4.78 is 34.6. The van der Waals surface area contributed by atoms with Crippen LogP contribution < -0.4 is 8.92 Å². The molecule has 0 radical (unpaired) electrons. The summed E-state index contributed by atoms with van der Waals surface area (Å²) in [6.07, 6.45) is 0. The second kappa shape index (κ2) is 6.44. The third kappa shape index (κ3) is 3.45. The van der Waals surface area contributed by atoms with Gasteiger partial charge in [-0.2, -0.15) is 13.7 Å². The van der Waals surface area contributed by atoms with Crippen molar-refractivity contribution in [1.29, 1.82) is 5.26 Å². The van der Waals surface area contributed by atoms with Crippen molar-refractivity contribution >= 4 is 33.3 Å². The van der Waals surface area contributed by atoms with Crippen molar-refractivity contribution < 1.29 is 17.3 Å². The summed E-state index contributed by atoms with van der Waals surface area (Å²) in [5, 5.41) is 8.75. The lowest BCUT2D eigenvalue weighted by atomic mass is 10.2. The summed E-state index contributed by atoms with van der Waals surface area (Å²) >= 11 is 11.8. The van der Waals surface area contributed by atoms with Gasteiger partial charge in [-0.3, -0.25) is 0 Å². The highest BCUT2D eigenvalue weighted by atomic mass is 35.5. The van der Waals surface area contributed by atoms with E-state index in [9.17, 15) is 8.42 Å². The molecule has 0 spiro atoms. The minimum atomic E-state index is -4.20. The summed E-state index contributed by atoms with van der Waals surface area (Å²) in [7, 11) is -2.80. The van der Waals surface area contributed by atoms with Crippen LogP contribution in [0.25, 0.3) is 0 Å². The molecule has 0 fully saturated rings. The molecule has 5 nitrogen and oxygen atoms in total. The maximum Gasteiger partial charge on any atom is 0.340 e. The van der Waals surface area contributed by atoms with Crippen LogP contribution in [-0.4, -0.2) is 15.5 Å². The Labute approximate surface area is 137 Å². The van der Waals surface area contributed by atoms with Crippen LogP contribution in [0.5, 0.6) is 11.5 Å². The second-order valence-corrected chi connectivity index (χ2v) is 6.42. The van der Waals surface area contributed by atoms with E-state index in [1.807, 2.05) is 6.07 Å². The van der Waals surface area contributed by atoms with Gasteiger partial charge in [0.25, 0.3) is 0 Å². The van der Waals surface area contributed by atoms with E-state index < -0.39 is 10.1 Å². The molecule has 0 atom stereocenters. The van der Waals surface area contributed by atoms with Crippen LogP contribution in [0, 0.1) is 11.3 Å². The molecule has 114 valence electrons. The number of methoxy groups -OCH3 is 1. The van der Waals surface area contributed by atoms with Gasteiger partial charge in [0.1, 0.15) is 10.6 Å². The maximum atomic E-state index is 12.3. The molecule has 0 aliphatic rings. The number of ether oxygens (including phenoxy) is 1. The molecule has 0 heterocycles. The van der Waals surface area contributed by atoms with Gasteiger partial charge in [-0.05, 0) is 30.3 Å². The third-order valence-electron chi connectivity index (χ3n) is 2.67. The Balaban J connectivity index is 2.42. The largest absolute Gasteiger partial charge is 0.497 e. The van der Waals surface area contributed by atoms with Crippen molar-refractivity contribution in [1.82, 2.24) is 0 Å².